The Morgan fingerprint density at radius 3 is 1.06 bits per heavy atom. The molecule has 0 bridgehead atoms. The van der Waals surface area contributed by atoms with Gasteiger partial charge in [0.25, 0.3) is 5.95 Å². The number of hydrogen-bond acceptors (Lipinski definition) is 15. The molecule has 2 rings (SSSR count). The molecule has 0 atom stereocenters. The summed E-state index contributed by atoms with van der Waals surface area (Å²) in [5, 5.41) is 10.8. The van der Waals surface area contributed by atoms with Crippen molar-refractivity contribution in [3.63, 3.8) is 0 Å². The van der Waals surface area contributed by atoms with Gasteiger partial charge in [0.2, 0.25) is 0 Å². The Morgan fingerprint density at radius 1 is 0.393 bits per heavy atom. The Morgan fingerprint density at radius 2 is 0.697 bits per heavy atom. The second-order valence-corrected chi connectivity index (χ2v) is 26.6. The molecule has 0 saturated heterocycles. The fourth-order valence-electron chi connectivity index (χ4n) is 11.0. The quantitative estimate of drug-likeness (QED) is 0.0219. The third-order valence-corrected chi connectivity index (χ3v) is 18.3. The van der Waals surface area contributed by atoms with Crippen molar-refractivity contribution in [3.8, 4) is 5.75 Å². The van der Waals surface area contributed by atoms with Crippen molar-refractivity contribution in [3.05, 3.63) is 40.1 Å². The van der Waals surface area contributed by atoms with Gasteiger partial charge in [-0.3, -0.25) is 9.59 Å². The number of esters is 1. The summed E-state index contributed by atoms with van der Waals surface area (Å²) in [6.07, 6.45) is 45.8. The standard InChI is InChI=1S/C73H127BrN2O12S/c1-5-8-11-14-17-20-27-38-54-82-64(4)83-55-39-30-23-34-48-75(49-35-24-31-40-56-84-71(79)47-46-67(77)70-62-65-61-68(78)66(74)63-69(65)89-70)52-45-53-76(50-36-25-32-43-59-87-72(80)85-57-41-28-21-18-15-12-9-6-2)51-37-26-33-44-60-88-73(81)86-58-42-29-22-19-16-13-10-7-3/h61-63,78H,4-60H2,1-3H3. The van der Waals surface area contributed by atoms with Crippen LogP contribution in [0.25, 0.3) is 10.1 Å². The van der Waals surface area contributed by atoms with Crippen LogP contribution in [0.1, 0.15) is 307 Å². The highest BCUT2D eigenvalue weighted by molar-refractivity contribution is 9.10. The van der Waals surface area contributed by atoms with Crippen LogP contribution in [0.4, 0.5) is 9.59 Å². The van der Waals surface area contributed by atoms with Gasteiger partial charge in [0.1, 0.15) is 5.75 Å². The molecule has 0 amide bonds. The molecule has 0 spiro atoms. The Kier molecular flexibility index (Phi) is 54.4. The predicted octanol–water partition coefficient (Wildman–Crippen LogP) is 21.3. The van der Waals surface area contributed by atoms with Crippen molar-refractivity contribution in [2.75, 3.05) is 85.5 Å². The van der Waals surface area contributed by atoms with Crippen molar-refractivity contribution >= 4 is 61.4 Å². The van der Waals surface area contributed by atoms with E-state index in [-0.39, 0.29) is 30.3 Å². The number of benzene rings is 1. The normalized spacial score (nSPS) is 11.4. The minimum atomic E-state index is -0.543. The zero-order chi connectivity index (χ0) is 64.3. The number of hydrogen-bond donors (Lipinski definition) is 1. The fourth-order valence-corrected chi connectivity index (χ4v) is 12.5. The highest BCUT2D eigenvalue weighted by Crippen LogP contribution is 2.35. The van der Waals surface area contributed by atoms with E-state index in [2.05, 4.69) is 53.1 Å². The first-order valence-corrected chi connectivity index (χ1v) is 37.8. The van der Waals surface area contributed by atoms with Crippen LogP contribution in [0.5, 0.6) is 5.75 Å². The zero-order valence-corrected chi connectivity index (χ0v) is 59.1. The van der Waals surface area contributed by atoms with E-state index in [9.17, 15) is 24.3 Å². The van der Waals surface area contributed by atoms with Crippen LogP contribution in [0.2, 0.25) is 0 Å². The Hall–Kier alpha value is -3.60. The van der Waals surface area contributed by atoms with E-state index in [4.69, 9.17) is 33.2 Å². The van der Waals surface area contributed by atoms with E-state index in [1.807, 2.05) is 0 Å². The lowest BCUT2D eigenvalue weighted by atomic mass is 10.1. The number of fused-ring (bicyclic) bond motifs is 1. The zero-order valence-electron chi connectivity index (χ0n) is 56.7. The molecular formula is C73H127BrN2O12S. The van der Waals surface area contributed by atoms with Crippen molar-refractivity contribution < 1.29 is 57.4 Å². The van der Waals surface area contributed by atoms with Crippen LogP contribution in [-0.4, -0.2) is 124 Å². The molecule has 16 heteroatoms. The lowest BCUT2D eigenvalue weighted by Gasteiger charge is -2.26. The summed E-state index contributed by atoms with van der Waals surface area (Å²) in [5.41, 5.74) is 0. The minimum absolute atomic E-state index is 0.0488. The van der Waals surface area contributed by atoms with E-state index in [0.717, 1.165) is 191 Å². The van der Waals surface area contributed by atoms with E-state index in [0.29, 0.717) is 61.5 Å². The summed E-state index contributed by atoms with van der Waals surface area (Å²) in [5.74, 6) is 0.125. The summed E-state index contributed by atoms with van der Waals surface area (Å²) in [4.78, 5) is 55.8. The summed E-state index contributed by atoms with van der Waals surface area (Å²) >= 11 is 4.70. The molecule has 0 aliphatic carbocycles. The van der Waals surface area contributed by atoms with Crippen molar-refractivity contribution in [1.82, 2.24) is 9.80 Å². The number of carbonyl (C=O) groups is 4. The topological polar surface area (TPSA) is 160 Å². The Bertz CT molecular complexity index is 1950. The number of rotatable bonds is 65. The number of halogens is 1. The van der Waals surface area contributed by atoms with Crippen LogP contribution in [0, 0.1) is 0 Å². The van der Waals surface area contributed by atoms with Crippen LogP contribution < -0.4 is 0 Å². The van der Waals surface area contributed by atoms with Gasteiger partial charge in [-0.05, 0) is 162 Å². The first-order valence-electron chi connectivity index (χ1n) is 36.1. The number of phenols is 1. The van der Waals surface area contributed by atoms with E-state index in [1.54, 1.807) is 18.2 Å². The molecule has 1 aromatic carbocycles. The molecule has 0 radical (unpaired) electrons. The second-order valence-electron chi connectivity index (χ2n) is 24.7. The van der Waals surface area contributed by atoms with Crippen molar-refractivity contribution in [2.45, 2.75) is 297 Å². The molecule has 1 heterocycles. The molecule has 0 fully saturated rings. The lowest BCUT2D eigenvalue weighted by molar-refractivity contribution is -0.143. The molecular weight excluding hydrogens is 1210 g/mol. The Labute approximate surface area is 553 Å². The molecule has 0 unspecified atom stereocenters. The molecule has 1 N–H and O–H groups in total. The van der Waals surface area contributed by atoms with Gasteiger partial charge in [-0.25, -0.2) is 9.59 Å². The first-order chi connectivity index (χ1) is 43.6. The third kappa shape index (κ3) is 48.8. The summed E-state index contributed by atoms with van der Waals surface area (Å²) in [6, 6.07) is 5.21. The van der Waals surface area contributed by atoms with Gasteiger partial charge in [0, 0.05) is 11.1 Å². The number of ether oxygens (including phenoxy) is 7. The molecule has 514 valence electrons. The van der Waals surface area contributed by atoms with Gasteiger partial charge in [-0.15, -0.1) is 11.3 Å². The number of unbranched alkanes of at least 4 members (excludes halogenated alkanes) is 33. The number of ketones is 1. The number of nitrogens with zero attached hydrogens (tertiary/aromatic N) is 2. The maximum Gasteiger partial charge on any atom is 0.508 e. The van der Waals surface area contributed by atoms with Crippen LogP contribution in [0.3, 0.4) is 0 Å². The van der Waals surface area contributed by atoms with E-state index < -0.39 is 12.3 Å². The minimum Gasteiger partial charge on any atom is -0.507 e. The SMILES string of the molecule is C=C(OCCCCCCCCCC)OCCCCCCN(CCCCCCOC(=O)CCC(=O)c1cc2cc(O)c(Br)cc2s1)CCCN(CCCCCCOC(=O)OCCCCCCCCCC)CCCCCCOC(=O)OCCCCCCCCCC. The monoisotopic (exact) mass is 1330 g/mol. The molecule has 89 heavy (non-hydrogen) atoms. The lowest BCUT2D eigenvalue weighted by Crippen LogP contribution is -2.32. The van der Waals surface area contributed by atoms with Crippen LogP contribution >= 0.6 is 27.3 Å². The fraction of sp³-hybridized carbons (Fsp3) is 0.808. The van der Waals surface area contributed by atoms with E-state index >= 15 is 0 Å². The summed E-state index contributed by atoms with van der Waals surface area (Å²) in [6.45, 7) is 20.3. The number of aromatic hydroxyl groups is 1. The molecule has 14 nitrogen and oxygen atoms in total. The number of phenolic OH excluding ortho intramolecular Hbond substituents is 1. The smallest absolute Gasteiger partial charge is 0.507 e. The van der Waals surface area contributed by atoms with Crippen molar-refractivity contribution in [2.24, 2.45) is 0 Å². The molecule has 2 aromatic rings. The highest BCUT2D eigenvalue weighted by Gasteiger charge is 2.16. The van der Waals surface area contributed by atoms with Gasteiger partial charge in [0.05, 0.1) is 62.0 Å². The first kappa shape index (κ1) is 81.5. The average molecular weight is 1340 g/mol. The van der Waals surface area contributed by atoms with Gasteiger partial charge < -0.3 is 48.1 Å². The third-order valence-electron chi connectivity index (χ3n) is 16.5. The molecule has 0 saturated carbocycles. The largest absolute Gasteiger partial charge is 0.508 e. The number of Topliss-reactive ketones (excluding diaryl/α,β-unsaturated/α-hetero) is 1. The van der Waals surface area contributed by atoms with E-state index in [1.165, 1.54) is 133 Å². The number of carbonyl (C=O) groups excluding carboxylic acids is 4. The van der Waals surface area contributed by atoms with Gasteiger partial charge in [0.15, 0.2) is 5.78 Å². The highest BCUT2D eigenvalue weighted by atomic mass is 79.9. The molecule has 0 aliphatic heterocycles. The maximum absolute atomic E-state index is 12.9. The molecule has 0 aliphatic rings. The van der Waals surface area contributed by atoms with Gasteiger partial charge in [-0.1, -0.05) is 207 Å². The maximum atomic E-state index is 12.9. The van der Waals surface area contributed by atoms with Gasteiger partial charge in [-0.2, -0.15) is 0 Å². The van der Waals surface area contributed by atoms with Crippen molar-refractivity contribution in [1.29, 1.82) is 0 Å². The molecule has 1 aromatic heterocycles. The number of thiophene rings is 1. The van der Waals surface area contributed by atoms with Crippen LogP contribution in [0.15, 0.2) is 35.2 Å². The Balaban J connectivity index is 1.84. The summed E-state index contributed by atoms with van der Waals surface area (Å²) < 4.78 is 40.1. The summed E-state index contributed by atoms with van der Waals surface area (Å²) in [7, 11) is 0. The van der Waals surface area contributed by atoms with Gasteiger partial charge >= 0.3 is 18.3 Å². The predicted molar refractivity (Wildman–Crippen MR) is 371 cm³/mol. The second kappa shape index (κ2) is 59.4. The van der Waals surface area contributed by atoms with Crippen LogP contribution in [-0.2, 0) is 38.0 Å². The average Bonchev–Trinajstić information content (AvgIpc) is 2.02.